The second-order valence-corrected chi connectivity index (χ2v) is 6.59. The summed E-state index contributed by atoms with van der Waals surface area (Å²) in [6, 6.07) is 4.35. The first kappa shape index (κ1) is 17.3. The Labute approximate surface area is 127 Å². The SMILES string of the molecule is CCOC(=O)CS(=O)(=O)CC(=O)Nc1ccc(Cl)c(N)c1. The molecule has 0 aromatic heterocycles. The molecule has 0 atom stereocenters. The summed E-state index contributed by atoms with van der Waals surface area (Å²) in [5, 5.41) is 2.68. The number of carbonyl (C=O) groups excluding carboxylic acids is 2. The molecule has 0 saturated carbocycles. The van der Waals surface area contributed by atoms with Crippen LogP contribution >= 0.6 is 11.6 Å². The van der Waals surface area contributed by atoms with Crippen molar-refractivity contribution in [3.8, 4) is 0 Å². The van der Waals surface area contributed by atoms with Gasteiger partial charge in [-0.3, -0.25) is 9.59 Å². The largest absolute Gasteiger partial charge is 0.465 e. The quantitative estimate of drug-likeness (QED) is 0.588. The number of nitrogens with one attached hydrogen (secondary N) is 1. The number of esters is 1. The van der Waals surface area contributed by atoms with Crippen LogP contribution in [0.4, 0.5) is 11.4 Å². The predicted molar refractivity (Wildman–Crippen MR) is 79.8 cm³/mol. The van der Waals surface area contributed by atoms with Crippen LogP contribution < -0.4 is 11.1 Å². The first-order valence-electron chi connectivity index (χ1n) is 5.94. The molecule has 0 saturated heterocycles. The van der Waals surface area contributed by atoms with Crippen molar-refractivity contribution in [2.75, 3.05) is 29.2 Å². The summed E-state index contributed by atoms with van der Waals surface area (Å²) in [7, 11) is -3.88. The van der Waals surface area contributed by atoms with E-state index in [0.717, 1.165) is 0 Å². The summed E-state index contributed by atoms with van der Waals surface area (Å²) in [5.41, 5.74) is 6.13. The van der Waals surface area contributed by atoms with Crippen molar-refractivity contribution < 1.29 is 22.7 Å². The zero-order valence-corrected chi connectivity index (χ0v) is 12.8. The second-order valence-electron chi connectivity index (χ2n) is 4.12. The van der Waals surface area contributed by atoms with Gasteiger partial charge in [-0.25, -0.2) is 8.42 Å². The average molecular weight is 335 g/mol. The van der Waals surface area contributed by atoms with Crippen LogP contribution in [0.15, 0.2) is 18.2 Å². The average Bonchev–Trinajstić information content (AvgIpc) is 2.32. The smallest absolute Gasteiger partial charge is 0.321 e. The molecule has 0 aliphatic heterocycles. The Bertz CT molecular complexity index is 645. The lowest BCUT2D eigenvalue weighted by Crippen LogP contribution is -2.28. The Morgan fingerprint density at radius 1 is 1.33 bits per heavy atom. The van der Waals surface area contributed by atoms with Crippen molar-refractivity contribution >= 4 is 44.7 Å². The van der Waals surface area contributed by atoms with E-state index < -0.39 is 33.2 Å². The van der Waals surface area contributed by atoms with Gasteiger partial charge in [0, 0.05) is 5.69 Å². The van der Waals surface area contributed by atoms with Crippen LogP contribution in [0.1, 0.15) is 6.92 Å². The van der Waals surface area contributed by atoms with Crippen molar-refractivity contribution in [1.29, 1.82) is 0 Å². The van der Waals surface area contributed by atoms with Crippen molar-refractivity contribution in [3.05, 3.63) is 23.2 Å². The van der Waals surface area contributed by atoms with E-state index in [1.165, 1.54) is 18.2 Å². The Kier molecular flexibility index (Phi) is 5.98. The highest BCUT2D eigenvalue weighted by Gasteiger charge is 2.21. The number of rotatable bonds is 6. The minimum absolute atomic E-state index is 0.0740. The topological polar surface area (TPSA) is 116 Å². The van der Waals surface area contributed by atoms with Gasteiger partial charge in [0.25, 0.3) is 0 Å². The van der Waals surface area contributed by atoms with Crippen molar-refractivity contribution in [3.63, 3.8) is 0 Å². The Morgan fingerprint density at radius 2 is 2.00 bits per heavy atom. The Hall–Kier alpha value is -1.80. The van der Waals surface area contributed by atoms with Gasteiger partial charge in [-0.05, 0) is 25.1 Å². The molecule has 0 unspecified atom stereocenters. The van der Waals surface area contributed by atoms with Crippen LogP contribution in [0.25, 0.3) is 0 Å². The van der Waals surface area contributed by atoms with Crippen molar-refractivity contribution in [1.82, 2.24) is 0 Å². The molecule has 0 aliphatic carbocycles. The number of ether oxygens (including phenoxy) is 1. The number of nitrogen functional groups attached to an aromatic ring is 1. The Morgan fingerprint density at radius 3 is 2.57 bits per heavy atom. The normalized spacial score (nSPS) is 11.0. The van der Waals surface area contributed by atoms with Gasteiger partial charge in [0.1, 0.15) is 11.5 Å². The summed E-state index contributed by atoms with van der Waals surface area (Å²) in [4.78, 5) is 22.8. The van der Waals surface area contributed by atoms with Gasteiger partial charge in [-0.1, -0.05) is 11.6 Å². The van der Waals surface area contributed by atoms with E-state index >= 15 is 0 Å². The van der Waals surface area contributed by atoms with E-state index in [0.29, 0.717) is 10.7 Å². The van der Waals surface area contributed by atoms with Gasteiger partial charge in [0.05, 0.1) is 17.3 Å². The van der Waals surface area contributed by atoms with Crippen LogP contribution in [0.2, 0.25) is 5.02 Å². The molecule has 1 rings (SSSR count). The van der Waals surface area contributed by atoms with Gasteiger partial charge in [-0.15, -0.1) is 0 Å². The molecule has 1 amide bonds. The summed E-state index contributed by atoms with van der Waals surface area (Å²) < 4.78 is 27.8. The van der Waals surface area contributed by atoms with Crippen LogP contribution in [0, 0.1) is 0 Å². The standard InChI is InChI=1S/C12H15ClN2O5S/c1-2-20-12(17)7-21(18,19)6-11(16)15-8-3-4-9(13)10(14)5-8/h3-5H,2,6-7,14H2,1H3,(H,15,16). The number of hydrogen-bond donors (Lipinski definition) is 2. The molecule has 1 aromatic rings. The molecular weight excluding hydrogens is 320 g/mol. The number of amides is 1. The third kappa shape index (κ3) is 6.01. The van der Waals surface area contributed by atoms with E-state index in [4.69, 9.17) is 17.3 Å². The van der Waals surface area contributed by atoms with Gasteiger partial charge >= 0.3 is 5.97 Å². The first-order chi connectivity index (χ1) is 9.73. The molecule has 0 fully saturated rings. The molecule has 0 spiro atoms. The molecule has 0 heterocycles. The highest BCUT2D eigenvalue weighted by atomic mass is 35.5. The highest BCUT2D eigenvalue weighted by molar-refractivity contribution is 7.92. The highest BCUT2D eigenvalue weighted by Crippen LogP contribution is 2.22. The minimum atomic E-state index is -3.88. The summed E-state index contributed by atoms with van der Waals surface area (Å²) in [6.07, 6.45) is 0. The minimum Gasteiger partial charge on any atom is -0.465 e. The van der Waals surface area contributed by atoms with E-state index in [1.54, 1.807) is 6.92 Å². The maximum Gasteiger partial charge on any atom is 0.321 e. The zero-order valence-electron chi connectivity index (χ0n) is 11.3. The lowest BCUT2D eigenvalue weighted by atomic mass is 10.3. The molecule has 116 valence electrons. The van der Waals surface area contributed by atoms with E-state index in [9.17, 15) is 18.0 Å². The molecule has 0 aliphatic rings. The van der Waals surface area contributed by atoms with Crippen molar-refractivity contribution in [2.45, 2.75) is 6.92 Å². The monoisotopic (exact) mass is 334 g/mol. The van der Waals surface area contributed by atoms with Crippen LogP contribution in [0.3, 0.4) is 0 Å². The summed E-state index contributed by atoms with van der Waals surface area (Å²) in [5.74, 6) is -3.33. The van der Waals surface area contributed by atoms with Crippen LogP contribution in [-0.4, -0.2) is 38.4 Å². The molecular formula is C12H15ClN2O5S. The van der Waals surface area contributed by atoms with Crippen LogP contribution in [0.5, 0.6) is 0 Å². The second kappa shape index (κ2) is 7.28. The maximum atomic E-state index is 11.6. The molecule has 3 N–H and O–H groups in total. The fourth-order valence-electron chi connectivity index (χ4n) is 1.45. The molecule has 9 heteroatoms. The van der Waals surface area contributed by atoms with Crippen LogP contribution in [-0.2, 0) is 24.2 Å². The number of sulfone groups is 1. The molecule has 7 nitrogen and oxygen atoms in total. The Balaban J connectivity index is 2.64. The lowest BCUT2D eigenvalue weighted by molar-refractivity contribution is -0.139. The number of halogens is 1. The number of carbonyl (C=O) groups is 2. The number of anilines is 2. The van der Waals surface area contributed by atoms with Gasteiger partial charge in [0.2, 0.25) is 5.91 Å². The fraction of sp³-hybridized carbons (Fsp3) is 0.333. The molecule has 0 radical (unpaired) electrons. The molecule has 0 bridgehead atoms. The molecule has 21 heavy (non-hydrogen) atoms. The molecule has 1 aromatic carbocycles. The number of benzene rings is 1. The van der Waals surface area contributed by atoms with Gasteiger partial charge in [0.15, 0.2) is 9.84 Å². The van der Waals surface area contributed by atoms with E-state index in [2.05, 4.69) is 10.1 Å². The summed E-state index contributed by atoms with van der Waals surface area (Å²) in [6.45, 7) is 1.63. The predicted octanol–water partition coefficient (Wildman–Crippen LogP) is 0.839. The maximum absolute atomic E-state index is 11.6. The van der Waals surface area contributed by atoms with E-state index in [1.807, 2.05) is 0 Å². The number of nitrogens with two attached hydrogens (primary N) is 1. The lowest BCUT2D eigenvalue weighted by Gasteiger charge is -2.07. The zero-order chi connectivity index (χ0) is 16.0. The van der Waals surface area contributed by atoms with Crippen molar-refractivity contribution in [2.24, 2.45) is 0 Å². The third-order valence-corrected chi connectivity index (χ3v) is 4.00. The van der Waals surface area contributed by atoms with E-state index in [-0.39, 0.29) is 12.3 Å². The van der Waals surface area contributed by atoms with Gasteiger partial charge in [-0.2, -0.15) is 0 Å². The first-order valence-corrected chi connectivity index (χ1v) is 8.14. The number of hydrogen-bond acceptors (Lipinski definition) is 6. The third-order valence-electron chi connectivity index (χ3n) is 2.27. The summed E-state index contributed by atoms with van der Waals surface area (Å²) >= 11 is 5.73. The fourth-order valence-corrected chi connectivity index (χ4v) is 2.59. The van der Waals surface area contributed by atoms with Gasteiger partial charge < -0.3 is 15.8 Å².